The maximum atomic E-state index is 4.71. The molecule has 1 aromatic heterocycles. The van der Waals surface area contributed by atoms with Crippen LogP contribution in [0.25, 0.3) is 0 Å². The predicted octanol–water partition coefficient (Wildman–Crippen LogP) is 2.24. The van der Waals surface area contributed by atoms with Crippen LogP contribution in [0.2, 0.25) is 0 Å². The van der Waals surface area contributed by atoms with Crippen molar-refractivity contribution >= 4 is 11.3 Å². The van der Waals surface area contributed by atoms with Gasteiger partial charge in [-0.25, -0.2) is 4.98 Å². The fourth-order valence-electron chi connectivity index (χ4n) is 2.42. The molecule has 17 heavy (non-hydrogen) atoms. The first kappa shape index (κ1) is 11.6. The zero-order chi connectivity index (χ0) is 11.7. The molecule has 1 unspecified atom stereocenters. The average Bonchev–Trinajstić information content (AvgIpc) is 2.90. The molecule has 2 fully saturated rings. The monoisotopic (exact) mass is 251 g/mol. The maximum absolute atomic E-state index is 4.71. The molecular weight excluding hydrogens is 230 g/mol. The van der Waals surface area contributed by atoms with E-state index in [0.29, 0.717) is 0 Å². The van der Waals surface area contributed by atoms with Gasteiger partial charge >= 0.3 is 0 Å². The molecule has 1 saturated heterocycles. The van der Waals surface area contributed by atoms with Crippen molar-refractivity contribution in [2.24, 2.45) is 5.92 Å². The molecule has 94 valence electrons. The molecule has 0 spiro atoms. The van der Waals surface area contributed by atoms with Crippen molar-refractivity contribution in [1.82, 2.24) is 15.2 Å². The highest BCUT2D eigenvalue weighted by Crippen LogP contribution is 2.21. The Morgan fingerprint density at radius 1 is 1.47 bits per heavy atom. The SMILES string of the molecule is CC1CCN(Cc2csc(CNC3CC3)n2)C1. The van der Waals surface area contributed by atoms with Gasteiger partial charge in [-0.3, -0.25) is 4.90 Å². The first-order valence-corrected chi connectivity index (χ1v) is 7.56. The lowest BCUT2D eigenvalue weighted by Crippen LogP contribution is -2.20. The summed E-state index contributed by atoms with van der Waals surface area (Å²) in [5.74, 6) is 0.865. The highest BCUT2D eigenvalue weighted by Gasteiger charge is 2.21. The number of nitrogens with zero attached hydrogens (tertiary/aromatic N) is 2. The molecule has 0 amide bonds. The molecule has 1 aliphatic heterocycles. The minimum atomic E-state index is 0.779. The van der Waals surface area contributed by atoms with E-state index in [1.165, 1.54) is 43.1 Å². The third-order valence-corrected chi connectivity index (χ3v) is 4.51. The number of likely N-dealkylation sites (tertiary alicyclic amines) is 1. The van der Waals surface area contributed by atoms with Crippen LogP contribution >= 0.6 is 11.3 Å². The highest BCUT2D eigenvalue weighted by atomic mass is 32.1. The van der Waals surface area contributed by atoms with E-state index in [4.69, 9.17) is 4.98 Å². The van der Waals surface area contributed by atoms with E-state index in [-0.39, 0.29) is 0 Å². The molecule has 1 atom stereocenters. The number of nitrogens with one attached hydrogen (secondary N) is 1. The summed E-state index contributed by atoms with van der Waals surface area (Å²) in [6, 6.07) is 0.779. The fourth-order valence-corrected chi connectivity index (χ4v) is 3.16. The van der Waals surface area contributed by atoms with E-state index in [0.717, 1.165) is 25.0 Å². The number of hydrogen-bond acceptors (Lipinski definition) is 4. The van der Waals surface area contributed by atoms with Crippen molar-refractivity contribution in [2.45, 2.75) is 45.3 Å². The van der Waals surface area contributed by atoms with Gasteiger partial charge in [0.05, 0.1) is 5.69 Å². The molecule has 2 heterocycles. The van der Waals surface area contributed by atoms with E-state index < -0.39 is 0 Å². The Labute approximate surface area is 107 Å². The third kappa shape index (κ3) is 3.27. The smallest absolute Gasteiger partial charge is 0.107 e. The van der Waals surface area contributed by atoms with E-state index in [2.05, 4.69) is 22.5 Å². The van der Waals surface area contributed by atoms with Crippen LogP contribution in [0.5, 0.6) is 0 Å². The lowest BCUT2D eigenvalue weighted by atomic mass is 10.2. The Kier molecular flexibility index (Phi) is 3.45. The zero-order valence-corrected chi connectivity index (χ0v) is 11.3. The van der Waals surface area contributed by atoms with Gasteiger partial charge in [-0.1, -0.05) is 6.92 Å². The summed E-state index contributed by atoms with van der Waals surface area (Å²) in [5.41, 5.74) is 1.26. The summed E-state index contributed by atoms with van der Waals surface area (Å²) in [5, 5.41) is 7.00. The van der Waals surface area contributed by atoms with Gasteiger partial charge in [0.1, 0.15) is 5.01 Å². The van der Waals surface area contributed by atoms with Crippen LogP contribution in [0, 0.1) is 5.92 Å². The van der Waals surface area contributed by atoms with E-state index in [1.54, 1.807) is 11.3 Å². The Balaban J connectivity index is 1.49. The van der Waals surface area contributed by atoms with Crippen LogP contribution in [0.4, 0.5) is 0 Å². The molecule has 1 aliphatic carbocycles. The van der Waals surface area contributed by atoms with Crippen molar-refractivity contribution in [2.75, 3.05) is 13.1 Å². The average molecular weight is 251 g/mol. The van der Waals surface area contributed by atoms with Gasteiger partial charge in [-0.15, -0.1) is 11.3 Å². The molecule has 0 bridgehead atoms. The molecule has 1 aromatic rings. The predicted molar refractivity (Wildman–Crippen MR) is 71.0 cm³/mol. The largest absolute Gasteiger partial charge is 0.308 e. The first-order chi connectivity index (χ1) is 8.29. The van der Waals surface area contributed by atoms with Gasteiger partial charge in [0.25, 0.3) is 0 Å². The molecule has 2 aliphatic rings. The van der Waals surface area contributed by atoms with E-state index in [9.17, 15) is 0 Å². The summed E-state index contributed by atoms with van der Waals surface area (Å²) in [6.45, 7) is 6.84. The topological polar surface area (TPSA) is 28.2 Å². The molecule has 3 nitrogen and oxygen atoms in total. The Hall–Kier alpha value is -0.450. The van der Waals surface area contributed by atoms with Crippen LogP contribution < -0.4 is 5.32 Å². The second kappa shape index (κ2) is 5.04. The Morgan fingerprint density at radius 3 is 3.06 bits per heavy atom. The van der Waals surface area contributed by atoms with Crippen molar-refractivity contribution in [3.63, 3.8) is 0 Å². The van der Waals surface area contributed by atoms with Gasteiger partial charge in [-0.2, -0.15) is 0 Å². The quantitative estimate of drug-likeness (QED) is 0.870. The van der Waals surface area contributed by atoms with Crippen molar-refractivity contribution in [1.29, 1.82) is 0 Å². The molecule has 0 radical (unpaired) electrons. The minimum Gasteiger partial charge on any atom is -0.308 e. The summed E-state index contributed by atoms with van der Waals surface area (Å²) in [7, 11) is 0. The van der Waals surface area contributed by atoms with Crippen LogP contribution in [0.3, 0.4) is 0 Å². The molecular formula is C13H21N3S. The zero-order valence-electron chi connectivity index (χ0n) is 10.5. The summed E-state index contributed by atoms with van der Waals surface area (Å²) >= 11 is 1.80. The fraction of sp³-hybridized carbons (Fsp3) is 0.769. The van der Waals surface area contributed by atoms with Crippen LogP contribution in [0.15, 0.2) is 5.38 Å². The maximum Gasteiger partial charge on any atom is 0.107 e. The van der Waals surface area contributed by atoms with Crippen LogP contribution in [-0.2, 0) is 13.1 Å². The molecule has 0 aromatic carbocycles. The third-order valence-electron chi connectivity index (χ3n) is 3.61. The molecule has 4 heteroatoms. The highest BCUT2D eigenvalue weighted by molar-refractivity contribution is 7.09. The lowest BCUT2D eigenvalue weighted by Gasteiger charge is -2.12. The number of rotatable bonds is 5. The normalized spacial score (nSPS) is 25.6. The van der Waals surface area contributed by atoms with Crippen LogP contribution in [0.1, 0.15) is 36.9 Å². The van der Waals surface area contributed by atoms with Gasteiger partial charge in [-0.05, 0) is 31.7 Å². The van der Waals surface area contributed by atoms with E-state index >= 15 is 0 Å². The standard InChI is InChI=1S/C13H21N3S/c1-10-4-5-16(7-10)8-12-9-17-13(15-12)6-14-11-2-3-11/h9-11,14H,2-8H2,1H3. The van der Waals surface area contributed by atoms with Crippen molar-refractivity contribution in [3.05, 3.63) is 16.1 Å². The minimum absolute atomic E-state index is 0.779. The Morgan fingerprint density at radius 2 is 2.35 bits per heavy atom. The van der Waals surface area contributed by atoms with Crippen molar-refractivity contribution in [3.8, 4) is 0 Å². The van der Waals surface area contributed by atoms with Gasteiger partial charge in [0, 0.05) is 31.1 Å². The molecule has 1 saturated carbocycles. The van der Waals surface area contributed by atoms with Gasteiger partial charge < -0.3 is 5.32 Å². The van der Waals surface area contributed by atoms with Crippen LogP contribution in [-0.4, -0.2) is 29.0 Å². The summed E-state index contributed by atoms with van der Waals surface area (Å²) in [4.78, 5) is 7.24. The summed E-state index contributed by atoms with van der Waals surface area (Å²) < 4.78 is 0. The molecule has 3 rings (SSSR count). The molecule has 1 N–H and O–H groups in total. The second-order valence-corrected chi connectivity index (χ2v) is 6.46. The number of hydrogen-bond donors (Lipinski definition) is 1. The Bertz CT molecular complexity index is 372. The second-order valence-electron chi connectivity index (χ2n) is 5.52. The number of thiazole rings is 1. The van der Waals surface area contributed by atoms with Gasteiger partial charge in [0.15, 0.2) is 0 Å². The van der Waals surface area contributed by atoms with Crippen molar-refractivity contribution < 1.29 is 0 Å². The number of aromatic nitrogens is 1. The first-order valence-electron chi connectivity index (χ1n) is 6.68. The van der Waals surface area contributed by atoms with E-state index in [1.807, 2.05) is 0 Å². The lowest BCUT2D eigenvalue weighted by molar-refractivity contribution is 0.317. The van der Waals surface area contributed by atoms with Gasteiger partial charge in [0.2, 0.25) is 0 Å². The summed E-state index contributed by atoms with van der Waals surface area (Å²) in [6.07, 6.45) is 4.05.